The minimum atomic E-state index is -3.10. The largest absolute Gasteiger partial charge is 0.313 e. The first-order valence-electron chi connectivity index (χ1n) is 7.28. The fourth-order valence-electron chi connectivity index (χ4n) is 2.60. The van der Waals surface area contributed by atoms with E-state index in [1.807, 2.05) is 0 Å². The Morgan fingerprint density at radius 1 is 1.00 bits per heavy atom. The Bertz CT molecular complexity index is 352. The highest BCUT2D eigenvalue weighted by Crippen LogP contribution is 2.23. The quantitative estimate of drug-likeness (QED) is 0.724. The van der Waals surface area contributed by atoms with Gasteiger partial charge in [-0.2, -0.15) is 0 Å². The SMILES string of the molecule is CC1CCCC(NS(=O)(=O)CCNC2CC2)CC1. The van der Waals surface area contributed by atoms with E-state index < -0.39 is 10.0 Å². The molecule has 0 saturated heterocycles. The first-order chi connectivity index (χ1) is 8.55. The molecule has 2 N–H and O–H groups in total. The highest BCUT2D eigenvalue weighted by molar-refractivity contribution is 7.89. The Morgan fingerprint density at radius 3 is 2.44 bits per heavy atom. The van der Waals surface area contributed by atoms with Crippen molar-refractivity contribution in [3.63, 3.8) is 0 Å². The summed E-state index contributed by atoms with van der Waals surface area (Å²) >= 11 is 0. The van der Waals surface area contributed by atoms with Gasteiger partial charge < -0.3 is 5.32 Å². The highest BCUT2D eigenvalue weighted by Gasteiger charge is 2.23. The van der Waals surface area contributed by atoms with Gasteiger partial charge in [0, 0.05) is 18.6 Å². The normalized spacial score (nSPS) is 30.1. The predicted molar refractivity (Wildman–Crippen MR) is 74.0 cm³/mol. The topological polar surface area (TPSA) is 58.2 Å². The summed E-state index contributed by atoms with van der Waals surface area (Å²) in [6.45, 7) is 2.85. The molecule has 2 fully saturated rings. The molecule has 2 aliphatic rings. The van der Waals surface area contributed by atoms with E-state index in [4.69, 9.17) is 0 Å². The minimum Gasteiger partial charge on any atom is -0.313 e. The first-order valence-corrected chi connectivity index (χ1v) is 8.94. The number of hydrogen-bond acceptors (Lipinski definition) is 3. The standard InChI is InChI=1S/C13H26N2O2S/c1-11-3-2-4-13(6-5-11)15-18(16,17)10-9-14-12-7-8-12/h11-15H,2-10H2,1H3. The van der Waals surface area contributed by atoms with Crippen LogP contribution >= 0.6 is 0 Å². The lowest BCUT2D eigenvalue weighted by Crippen LogP contribution is -2.38. The van der Waals surface area contributed by atoms with Crippen LogP contribution in [-0.4, -0.2) is 32.8 Å². The van der Waals surface area contributed by atoms with Crippen molar-refractivity contribution in [1.29, 1.82) is 0 Å². The molecule has 0 amide bonds. The molecule has 106 valence electrons. The van der Waals surface area contributed by atoms with E-state index in [1.165, 1.54) is 19.3 Å². The Labute approximate surface area is 111 Å². The molecular formula is C13H26N2O2S. The highest BCUT2D eigenvalue weighted by atomic mass is 32.2. The Balaban J connectivity index is 1.71. The third-order valence-corrected chi connectivity index (χ3v) is 5.42. The molecule has 0 heterocycles. The second-order valence-electron chi connectivity index (χ2n) is 5.98. The molecule has 0 bridgehead atoms. The molecular weight excluding hydrogens is 248 g/mol. The number of rotatable bonds is 6. The zero-order valence-corrected chi connectivity index (χ0v) is 12.1. The maximum absolute atomic E-state index is 11.9. The van der Waals surface area contributed by atoms with E-state index in [-0.39, 0.29) is 11.8 Å². The minimum absolute atomic E-state index is 0.167. The van der Waals surface area contributed by atoms with Crippen molar-refractivity contribution in [3.8, 4) is 0 Å². The molecule has 18 heavy (non-hydrogen) atoms. The number of hydrogen-bond donors (Lipinski definition) is 2. The van der Waals surface area contributed by atoms with E-state index in [0.29, 0.717) is 12.6 Å². The van der Waals surface area contributed by atoms with Gasteiger partial charge in [-0.1, -0.05) is 19.8 Å². The number of nitrogens with one attached hydrogen (secondary N) is 2. The summed E-state index contributed by atoms with van der Waals surface area (Å²) in [4.78, 5) is 0. The van der Waals surface area contributed by atoms with Crippen LogP contribution in [0.3, 0.4) is 0 Å². The van der Waals surface area contributed by atoms with Crippen molar-refractivity contribution in [2.24, 2.45) is 5.92 Å². The van der Waals surface area contributed by atoms with Crippen LogP contribution in [-0.2, 0) is 10.0 Å². The maximum atomic E-state index is 11.9. The van der Waals surface area contributed by atoms with Gasteiger partial charge in [-0.25, -0.2) is 13.1 Å². The van der Waals surface area contributed by atoms with Crippen LogP contribution in [0.4, 0.5) is 0 Å². The van der Waals surface area contributed by atoms with E-state index in [1.54, 1.807) is 0 Å². The summed E-state index contributed by atoms with van der Waals surface area (Å²) in [6, 6.07) is 0.750. The third-order valence-electron chi connectivity index (χ3n) is 3.98. The monoisotopic (exact) mass is 274 g/mol. The summed E-state index contributed by atoms with van der Waals surface area (Å²) in [7, 11) is -3.10. The molecule has 0 spiro atoms. The van der Waals surface area contributed by atoms with Crippen LogP contribution < -0.4 is 10.0 Å². The Kier molecular flexibility index (Phi) is 5.04. The smallest absolute Gasteiger partial charge is 0.213 e. The van der Waals surface area contributed by atoms with E-state index in [0.717, 1.165) is 31.6 Å². The second kappa shape index (κ2) is 6.35. The Morgan fingerprint density at radius 2 is 1.72 bits per heavy atom. The van der Waals surface area contributed by atoms with Gasteiger partial charge in [0.1, 0.15) is 0 Å². The van der Waals surface area contributed by atoms with Crippen LogP contribution in [0.2, 0.25) is 0 Å². The molecule has 2 atom stereocenters. The number of sulfonamides is 1. The first kappa shape index (κ1) is 14.3. The van der Waals surface area contributed by atoms with Gasteiger partial charge in [0.05, 0.1) is 5.75 Å². The molecule has 5 heteroatoms. The molecule has 4 nitrogen and oxygen atoms in total. The van der Waals surface area contributed by atoms with Gasteiger partial charge in [0.2, 0.25) is 10.0 Å². The van der Waals surface area contributed by atoms with Crippen LogP contribution in [0.25, 0.3) is 0 Å². The lowest BCUT2D eigenvalue weighted by atomic mass is 10.0. The van der Waals surface area contributed by atoms with Crippen LogP contribution in [0.1, 0.15) is 51.9 Å². The average molecular weight is 274 g/mol. The molecule has 2 aliphatic carbocycles. The van der Waals surface area contributed by atoms with Crippen molar-refractivity contribution in [2.45, 2.75) is 64.0 Å². The van der Waals surface area contributed by atoms with Gasteiger partial charge in [0.15, 0.2) is 0 Å². The average Bonchev–Trinajstić information content (AvgIpc) is 3.08. The van der Waals surface area contributed by atoms with E-state index in [9.17, 15) is 8.42 Å². The van der Waals surface area contributed by atoms with E-state index in [2.05, 4.69) is 17.0 Å². The maximum Gasteiger partial charge on any atom is 0.213 e. The fourth-order valence-corrected chi connectivity index (χ4v) is 3.85. The molecule has 0 aromatic carbocycles. The summed E-state index contributed by atoms with van der Waals surface area (Å²) in [5, 5.41) is 3.25. The van der Waals surface area contributed by atoms with Gasteiger partial charge in [0.25, 0.3) is 0 Å². The van der Waals surface area contributed by atoms with Crippen molar-refractivity contribution in [2.75, 3.05) is 12.3 Å². The fraction of sp³-hybridized carbons (Fsp3) is 1.00. The van der Waals surface area contributed by atoms with Crippen LogP contribution in [0, 0.1) is 5.92 Å². The molecule has 2 unspecified atom stereocenters. The zero-order valence-electron chi connectivity index (χ0n) is 11.3. The van der Waals surface area contributed by atoms with Gasteiger partial charge in [-0.05, 0) is 38.0 Å². The molecule has 2 saturated carbocycles. The van der Waals surface area contributed by atoms with Crippen molar-refractivity contribution >= 4 is 10.0 Å². The zero-order chi connectivity index (χ0) is 13.0. The van der Waals surface area contributed by atoms with Crippen LogP contribution in [0.5, 0.6) is 0 Å². The van der Waals surface area contributed by atoms with E-state index >= 15 is 0 Å². The Hall–Kier alpha value is -0.130. The van der Waals surface area contributed by atoms with Gasteiger partial charge >= 0.3 is 0 Å². The molecule has 2 rings (SSSR count). The molecule has 0 aromatic heterocycles. The van der Waals surface area contributed by atoms with Gasteiger partial charge in [-0.3, -0.25) is 0 Å². The molecule has 0 radical (unpaired) electrons. The summed E-state index contributed by atoms with van der Waals surface area (Å²) in [5.41, 5.74) is 0. The predicted octanol–water partition coefficient (Wildman–Crippen LogP) is 1.63. The molecule has 0 aromatic rings. The lowest BCUT2D eigenvalue weighted by Gasteiger charge is -2.16. The lowest BCUT2D eigenvalue weighted by molar-refractivity contribution is 0.484. The second-order valence-corrected chi connectivity index (χ2v) is 7.85. The van der Waals surface area contributed by atoms with Gasteiger partial charge in [-0.15, -0.1) is 0 Å². The van der Waals surface area contributed by atoms with Crippen molar-refractivity contribution in [3.05, 3.63) is 0 Å². The summed E-state index contributed by atoms with van der Waals surface area (Å²) < 4.78 is 26.8. The van der Waals surface area contributed by atoms with Crippen molar-refractivity contribution < 1.29 is 8.42 Å². The summed E-state index contributed by atoms with van der Waals surface area (Å²) in [6.07, 6.45) is 7.93. The molecule has 0 aliphatic heterocycles. The van der Waals surface area contributed by atoms with Crippen LogP contribution in [0.15, 0.2) is 0 Å². The summed E-state index contributed by atoms with van der Waals surface area (Å²) in [5.74, 6) is 0.964. The van der Waals surface area contributed by atoms with Crippen molar-refractivity contribution in [1.82, 2.24) is 10.0 Å². The third kappa shape index (κ3) is 5.24.